The Morgan fingerprint density at radius 3 is 2.54 bits per heavy atom. The molecule has 134 valence electrons. The summed E-state index contributed by atoms with van der Waals surface area (Å²) >= 11 is 5.31. The predicted octanol–water partition coefficient (Wildman–Crippen LogP) is 3.52. The number of rotatable bonds is 6. The molecule has 0 spiro atoms. The minimum atomic E-state index is 0.365. The molecule has 2 aromatic carbocycles. The van der Waals surface area contributed by atoms with E-state index in [1.54, 1.807) is 27.5 Å². The predicted molar refractivity (Wildman–Crippen MR) is 102 cm³/mol. The van der Waals surface area contributed by atoms with Crippen molar-refractivity contribution >= 4 is 18.4 Å². The van der Waals surface area contributed by atoms with E-state index in [1.807, 2.05) is 42.5 Å². The highest BCUT2D eigenvalue weighted by Gasteiger charge is 2.13. The van der Waals surface area contributed by atoms with E-state index >= 15 is 0 Å². The van der Waals surface area contributed by atoms with Crippen molar-refractivity contribution in [3.05, 3.63) is 52.8 Å². The summed E-state index contributed by atoms with van der Waals surface area (Å²) in [5.41, 5.74) is 1.53. The molecule has 0 radical (unpaired) electrons. The van der Waals surface area contributed by atoms with E-state index in [9.17, 15) is 0 Å². The molecule has 0 atom stereocenters. The van der Waals surface area contributed by atoms with E-state index in [-0.39, 0.29) is 0 Å². The Morgan fingerprint density at radius 1 is 1.04 bits per heavy atom. The fourth-order valence-electron chi connectivity index (χ4n) is 2.46. The third-order valence-corrected chi connectivity index (χ3v) is 4.01. The SMILES string of the molecule is COc1ccc(OC)c(C=Nn2c(-c3ccccc3OC)n[nH]c2=S)c1. The largest absolute Gasteiger partial charge is 0.497 e. The molecule has 0 unspecified atom stereocenters. The van der Waals surface area contributed by atoms with Crippen LogP contribution in [0.5, 0.6) is 17.2 Å². The zero-order chi connectivity index (χ0) is 18.5. The smallest absolute Gasteiger partial charge is 0.216 e. The van der Waals surface area contributed by atoms with Gasteiger partial charge in [-0.15, -0.1) is 0 Å². The molecular weight excluding hydrogens is 352 g/mol. The van der Waals surface area contributed by atoms with Gasteiger partial charge >= 0.3 is 0 Å². The molecule has 0 saturated carbocycles. The van der Waals surface area contributed by atoms with E-state index < -0.39 is 0 Å². The molecule has 0 aliphatic heterocycles. The molecule has 1 heterocycles. The van der Waals surface area contributed by atoms with Crippen LogP contribution in [-0.4, -0.2) is 42.4 Å². The van der Waals surface area contributed by atoms with Crippen molar-refractivity contribution in [1.29, 1.82) is 0 Å². The summed E-state index contributed by atoms with van der Waals surface area (Å²) in [5, 5.41) is 11.5. The van der Waals surface area contributed by atoms with Crippen LogP contribution in [0.25, 0.3) is 11.4 Å². The third kappa shape index (κ3) is 3.45. The van der Waals surface area contributed by atoms with Crippen molar-refractivity contribution in [2.24, 2.45) is 5.10 Å². The first-order valence-electron chi connectivity index (χ1n) is 7.75. The van der Waals surface area contributed by atoms with E-state index in [2.05, 4.69) is 15.3 Å². The highest BCUT2D eigenvalue weighted by molar-refractivity contribution is 7.71. The molecule has 1 aromatic heterocycles. The average molecular weight is 370 g/mol. The summed E-state index contributed by atoms with van der Waals surface area (Å²) in [7, 11) is 4.81. The van der Waals surface area contributed by atoms with Gasteiger partial charge in [-0.1, -0.05) is 12.1 Å². The Labute approximate surface area is 155 Å². The van der Waals surface area contributed by atoms with Crippen LogP contribution >= 0.6 is 12.2 Å². The van der Waals surface area contributed by atoms with Crippen molar-refractivity contribution in [3.8, 4) is 28.6 Å². The van der Waals surface area contributed by atoms with Gasteiger partial charge in [0, 0.05) is 5.56 Å². The summed E-state index contributed by atoms with van der Waals surface area (Å²) in [6, 6.07) is 13.0. The lowest BCUT2D eigenvalue weighted by atomic mass is 10.2. The zero-order valence-electron chi connectivity index (χ0n) is 14.6. The van der Waals surface area contributed by atoms with Crippen LogP contribution < -0.4 is 14.2 Å². The molecule has 8 heteroatoms. The molecule has 0 amide bonds. The number of methoxy groups -OCH3 is 3. The number of aromatic nitrogens is 3. The van der Waals surface area contributed by atoms with E-state index in [0.717, 1.165) is 11.1 Å². The van der Waals surface area contributed by atoms with Crippen LogP contribution in [0.1, 0.15) is 5.56 Å². The molecule has 3 rings (SSSR count). The Balaban J connectivity index is 2.06. The Morgan fingerprint density at radius 2 is 1.81 bits per heavy atom. The first-order valence-corrected chi connectivity index (χ1v) is 8.16. The molecule has 0 fully saturated rings. The molecular formula is C18H18N4O3S. The second-order valence-electron chi connectivity index (χ2n) is 5.22. The second kappa shape index (κ2) is 7.83. The molecule has 1 N–H and O–H groups in total. The first kappa shape index (κ1) is 17.7. The Kier molecular flexibility index (Phi) is 5.33. The summed E-state index contributed by atoms with van der Waals surface area (Å²) < 4.78 is 17.9. The zero-order valence-corrected chi connectivity index (χ0v) is 15.4. The van der Waals surface area contributed by atoms with Crippen molar-refractivity contribution in [2.75, 3.05) is 21.3 Å². The van der Waals surface area contributed by atoms with Crippen LogP contribution in [-0.2, 0) is 0 Å². The highest BCUT2D eigenvalue weighted by atomic mass is 32.1. The summed E-state index contributed by atoms with van der Waals surface area (Å²) in [5.74, 6) is 2.60. The van der Waals surface area contributed by atoms with Crippen molar-refractivity contribution in [3.63, 3.8) is 0 Å². The quantitative estimate of drug-likeness (QED) is 0.531. The molecule has 3 aromatic rings. The van der Waals surface area contributed by atoms with Crippen LogP contribution in [0.4, 0.5) is 0 Å². The molecule has 0 aliphatic carbocycles. The number of nitrogens with zero attached hydrogens (tertiary/aromatic N) is 3. The van der Waals surface area contributed by atoms with Gasteiger partial charge in [0.15, 0.2) is 5.82 Å². The fraction of sp³-hybridized carbons (Fsp3) is 0.167. The number of hydrogen-bond acceptors (Lipinski definition) is 6. The monoisotopic (exact) mass is 370 g/mol. The maximum Gasteiger partial charge on any atom is 0.216 e. The number of nitrogens with one attached hydrogen (secondary N) is 1. The number of ether oxygens (including phenoxy) is 3. The molecule has 0 saturated heterocycles. The summed E-state index contributed by atoms with van der Waals surface area (Å²) in [6.45, 7) is 0. The second-order valence-corrected chi connectivity index (χ2v) is 5.60. The average Bonchev–Trinajstić information content (AvgIpc) is 3.06. The molecule has 0 bridgehead atoms. The normalized spacial score (nSPS) is 10.9. The number of benzene rings is 2. The lowest BCUT2D eigenvalue weighted by Gasteiger charge is -2.08. The van der Waals surface area contributed by atoms with Gasteiger partial charge in [-0.3, -0.25) is 0 Å². The van der Waals surface area contributed by atoms with Gasteiger partial charge in [0.2, 0.25) is 4.77 Å². The van der Waals surface area contributed by atoms with Crippen LogP contribution in [0, 0.1) is 4.77 Å². The Bertz CT molecular complexity index is 994. The van der Waals surface area contributed by atoms with Gasteiger partial charge in [-0.25, -0.2) is 5.10 Å². The number of H-pyrrole nitrogens is 1. The maximum absolute atomic E-state index is 5.40. The van der Waals surface area contributed by atoms with Crippen molar-refractivity contribution < 1.29 is 14.2 Å². The Hall–Kier alpha value is -3.13. The molecule has 7 nitrogen and oxygen atoms in total. The van der Waals surface area contributed by atoms with E-state index in [4.69, 9.17) is 26.4 Å². The minimum Gasteiger partial charge on any atom is -0.497 e. The van der Waals surface area contributed by atoms with Crippen molar-refractivity contribution in [2.45, 2.75) is 0 Å². The van der Waals surface area contributed by atoms with Gasteiger partial charge in [-0.05, 0) is 42.5 Å². The number of para-hydroxylation sites is 1. The van der Waals surface area contributed by atoms with Gasteiger partial charge in [-0.2, -0.15) is 14.9 Å². The number of hydrogen-bond donors (Lipinski definition) is 1. The summed E-state index contributed by atoms with van der Waals surface area (Å²) in [6.07, 6.45) is 1.64. The maximum atomic E-state index is 5.40. The third-order valence-electron chi connectivity index (χ3n) is 3.75. The van der Waals surface area contributed by atoms with Gasteiger partial charge in [0.1, 0.15) is 17.2 Å². The lowest BCUT2D eigenvalue weighted by molar-refractivity contribution is 0.402. The van der Waals surface area contributed by atoms with Gasteiger partial charge in [0.05, 0.1) is 33.1 Å². The summed E-state index contributed by atoms with van der Waals surface area (Å²) in [4.78, 5) is 0. The highest BCUT2D eigenvalue weighted by Crippen LogP contribution is 2.28. The van der Waals surface area contributed by atoms with Crippen molar-refractivity contribution in [1.82, 2.24) is 14.9 Å². The first-order chi connectivity index (χ1) is 12.7. The van der Waals surface area contributed by atoms with E-state index in [0.29, 0.717) is 27.8 Å². The van der Waals surface area contributed by atoms with Gasteiger partial charge in [0.25, 0.3) is 0 Å². The molecule has 0 aliphatic rings. The minimum absolute atomic E-state index is 0.365. The van der Waals surface area contributed by atoms with Crippen LogP contribution in [0.3, 0.4) is 0 Å². The van der Waals surface area contributed by atoms with Crippen LogP contribution in [0.2, 0.25) is 0 Å². The molecule has 26 heavy (non-hydrogen) atoms. The van der Waals surface area contributed by atoms with Gasteiger partial charge < -0.3 is 14.2 Å². The standard InChI is InChI=1S/C18H18N4O3S/c1-23-13-8-9-15(24-2)12(10-13)11-19-22-17(20-21-18(22)26)14-6-4-5-7-16(14)25-3/h4-11H,1-3H3,(H,21,26). The topological polar surface area (TPSA) is 73.7 Å². The van der Waals surface area contributed by atoms with Crippen LogP contribution in [0.15, 0.2) is 47.6 Å². The fourth-order valence-corrected chi connectivity index (χ4v) is 2.64. The lowest BCUT2D eigenvalue weighted by Crippen LogP contribution is -1.98. The number of aromatic amines is 1. The van der Waals surface area contributed by atoms with E-state index in [1.165, 1.54) is 4.68 Å².